The molecule has 0 fully saturated rings. The fourth-order valence-corrected chi connectivity index (χ4v) is 2.47. The van der Waals surface area contributed by atoms with Crippen LogP contribution in [0.25, 0.3) is 0 Å². The zero-order valence-corrected chi connectivity index (χ0v) is 22.9. The first-order valence-electron chi connectivity index (χ1n) is 12.3. The van der Waals surface area contributed by atoms with Crippen LogP contribution in [0.4, 0.5) is 0 Å². The molecule has 0 heterocycles. The van der Waals surface area contributed by atoms with Crippen LogP contribution in [0, 0.1) is 5.92 Å². The molecule has 0 aliphatic heterocycles. The molecule has 0 aromatic carbocycles. The molecule has 0 amide bonds. The molecule has 12 nitrogen and oxygen atoms in total. The minimum atomic E-state index is -0.618. The Kier molecular flexibility index (Phi) is 18.0. The second-order valence-electron chi connectivity index (χ2n) is 8.57. The minimum absolute atomic E-state index is 0.0174. The van der Waals surface area contributed by atoms with E-state index in [9.17, 15) is 28.8 Å². The van der Waals surface area contributed by atoms with E-state index >= 15 is 0 Å². The molecule has 218 valence electrons. The lowest BCUT2D eigenvalue weighted by Crippen LogP contribution is -2.21. The highest BCUT2D eigenvalue weighted by Crippen LogP contribution is 2.12. The molecule has 0 atom stereocenters. The second kappa shape index (κ2) is 20.1. The fraction of sp³-hybridized carbons (Fsp3) is 0.556. The topological polar surface area (TPSA) is 158 Å². The summed E-state index contributed by atoms with van der Waals surface area (Å²) in [6.07, 6.45) is 0.109. The molecule has 39 heavy (non-hydrogen) atoms. The molecular weight excluding hydrogens is 516 g/mol. The Balaban J connectivity index is 4.60. The van der Waals surface area contributed by atoms with E-state index in [1.165, 1.54) is 20.8 Å². The Hall–Kier alpha value is -3.96. The van der Waals surface area contributed by atoms with Crippen molar-refractivity contribution in [1.82, 2.24) is 0 Å². The summed E-state index contributed by atoms with van der Waals surface area (Å²) >= 11 is 0. The number of esters is 6. The van der Waals surface area contributed by atoms with Gasteiger partial charge in [-0.2, -0.15) is 0 Å². The van der Waals surface area contributed by atoms with Crippen molar-refractivity contribution in [2.24, 2.45) is 5.92 Å². The molecule has 0 saturated heterocycles. The zero-order valence-electron chi connectivity index (χ0n) is 22.9. The summed E-state index contributed by atoms with van der Waals surface area (Å²) in [6.45, 7) is 14.2. The van der Waals surface area contributed by atoms with E-state index in [1.807, 2.05) is 0 Å². The van der Waals surface area contributed by atoms with Crippen molar-refractivity contribution >= 4 is 35.8 Å². The van der Waals surface area contributed by atoms with E-state index < -0.39 is 35.8 Å². The van der Waals surface area contributed by atoms with Gasteiger partial charge in [0.15, 0.2) is 0 Å². The lowest BCUT2D eigenvalue weighted by molar-refractivity contribution is -0.152. The first-order chi connectivity index (χ1) is 18.3. The lowest BCUT2D eigenvalue weighted by atomic mass is 10.0. The van der Waals surface area contributed by atoms with Crippen molar-refractivity contribution < 1.29 is 57.2 Å². The Bertz CT molecular complexity index is 868. The van der Waals surface area contributed by atoms with Crippen LogP contribution in [0.15, 0.2) is 36.5 Å². The highest BCUT2D eigenvalue weighted by atomic mass is 16.6. The largest absolute Gasteiger partial charge is 0.466 e. The van der Waals surface area contributed by atoms with Crippen LogP contribution in [0.2, 0.25) is 0 Å². The minimum Gasteiger partial charge on any atom is -0.466 e. The zero-order chi connectivity index (χ0) is 29.8. The summed E-state index contributed by atoms with van der Waals surface area (Å²) in [4.78, 5) is 69.8. The number of hydrogen-bond donors (Lipinski definition) is 0. The highest BCUT2D eigenvalue weighted by molar-refractivity contribution is 5.88. The molecule has 0 aromatic rings. The van der Waals surface area contributed by atoms with E-state index in [4.69, 9.17) is 28.4 Å². The van der Waals surface area contributed by atoms with Gasteiger partial charge in [0.25, 0.3) is 0 Å². The van der Waals surface area contributed by atoms with E-state index in [-0.39, 0.29) is 94.4 Å². The van der Waals surface area contributed by atoms with Crippen molar-refractivity contribution in [3.8, 4) is 0 Å². The molecule has 0 radical (unpaired) electrons. The molecule has 0 rings (SSSR count). The van der Waals surface area contributed by atoms with Crippen molar-refractivity contribution in [3.05, 3.63) is 36.5 Å². The Morgan fingerprint density at radius 3 is 1.10 bits per heavy atom. The Morgan fingerprint density at radius 1 is 0.487 bits per heavy atom. The monoisotopic (exact) mass is 554 g/mol. The third kappa shape index (κ3) is 18.9. The first-order valence-corrected chi connectivity index (χ1v) is 12.3. The van der Waals surface area contributed by atoms with E-state index in [0.717, 1.165) is 0 Å². The van der Waals surface area contributed by atoms with Crippen molar-refractivity contribution in [1.29, 1.82) is 0 Å². The van der Waals surface area contributed by atoms with Gasteiger partial charge < -0.3 is 28.4 Å². The molecule has 0 aromatic heterocycles. The maximum atomic E-state index is 12.0. The molecule has 12 heteroatoms. The van der Waals surface area contributed by atoms with Crippen LogP contribution in [-0.4, -0.2) is 75.5 Å². The van der Waals surface area contributed by atoms with E-state index in [2.05, 4.69) is 19.7 Å². The lowest BCUT2D eigenvalue weighted by Gasteiger charge is -2.17. The van der Waals surface area contributed by atoms with Gasteiger partial charge in [-0.15, -0.1) is 0 Å². The number of rotatable bonds is 20. The average Bonchev–Trinajstić information content (AvgIpc) is 2.86. The highest BCUT2D eigenvalue weighted by Gasteiger charge is 2.16. The first kappa shape index (κ1) is 35.0. The normalized spacial score (nSPS) is 10.2. The van der Waals surface area contributed by atoms with Gasteiger partial charge in [-0.05, 0) is 39.5 Å². The van der Waals surface area contributed by atoms with Crippen LogP contribution in [0.3, 0.4) is 0 Å². The van der Waals surface area contributed by atoms with Gasteiger partial charge in [0.2, 0.25) is 0 Å². The molecule has 0 N–H and O–H groups in total. The predicted octanol–water partition coefficient (Wildman–Crippen LogP) is 2.54. The number of hydrogen-bond acceptors (Lipinski definition) is 12. The molecule has 0 saturated carbocycles. The summed E-state index contributed by atoms with van der Waals surface area (Å²) in [7, 11) is 0. The summed E-state index contributed by atoms with van der Waals surface area (Å²) in [5.41, 5.74) is 0.627. The van der Waals surface area contributed by atoms with Crippen molar-refractivity contribution in [2.45, 2.75) is 52.9 Å². The van der Waals surface area contributed by atoms with Gasteiger partial charge in [-0.1, -0.05) is 19.7 Å². The van der Waals surface area contributed by atoms with Crippen LogP contribution < -0.4 is 0 Å². The predicted molar refractivity (Wildman–Crippen MR) is 137 cm³/mol. The molecule has 0 unspecified atom stereocenters. The third-order valence-corrected chi connectivity index (χ3v) is 4.72. The van der Waals surface area contributed by atoms with Gasteiger partial charge in [-0.25, -0.2) is 14.4 Å². The summed E-state index contributed by atoms with van der Waals surface area (Å²) in [5.74, 6) is -3.96. The quantitative estimate of drug-likeness (QED) is 0.123. The SMILES string of the molecule is C=C(C)C(=O)OCCC(=O)OCCC(CCOC(=O)CCOC(=O)C(=C)C)COC(=O)CCOC(=O)C(=C)C. The van der Waals surface area contributed by atoms with Gasteiger partial charge in [0.05, 0.1) is 39.1 Å². The van der Waals surface area contributed by atoms with Crippen LogP contribution in [-0.2, 0) is 57.2 Å². The Labute approximate surface area is 228 Å². The van der Waals surface area contributed by atoms with E-state index in [1.54, 1.807) is 0 Å². The van der Waals surface area contributed by atoms with Crippen molar-refractivity contribution in [3.63, 3.8) is 0 Å². The van der Waals surface area contributed by atoms with Crippen LogP contribution >= 0.6 is 0 Å². The standard InChI is InChI=1S/C27H38O12/c1-18(2)25(31)36-14-9-22(28)34-12-7-21(17-39-24(30)11-16-38-27(33)20(5)6)8-13-35-23(29)10-15-37-26(32)19(3)4/h21H,1,3,5,7-17H2,2,4,6H3. The molecular formula is C27H38O12. The summed E-state index contributed by atoms with van der Waals surface area (Å²) in [5, 5.41) is 0. The van der Waals surface area contributed by atoms with Gasteiger partial charge in [-0.3, -0.25) is 14.4 Å². The van der Waals surface area contributed by atoms with E-state index in [0.29, 0.717) is 0 Å². The molecule has 0 spiro atoms. The van der Waals surface area contributed by atoms with Gasteiger partial charge in [0, 0.05) is 16.7 Å². The number of carbonyl (C=O) groups excluding carboxylic acids is 6. The van der Waals surface area contributed by atoms with Crippen LogP contribution in [0.5, 0.6) is 0 Å². The summed E-state index contributed by atoms with van der Waals surface area (Å²) < 4.78 is 30.0. The smallest absolute Gasteiger partial charge is 0.333 e. The summed E-state index contributed by atoms with van der Waals surface area (Å²) in [6, 6.07) is 0. The van der Waals surface area contributed by atoms with Gasteiger partial charge in [0.1, 0.15) is 19.8 Å². The molecule has 0 aliphatic rings. The van der Waals surface area contributed by atoms with Gasteiger partial charge >= 0.3 is 35.8 Å². The fourth-order valence-electron chi connectivity index (χ4n) is 2.47. The maximum Gasteiger partial charge on any atom is 0.333 e. The number of ether oxygens (including phenoxy) is 6. The maximum absolute atomic E-state index is 12.0. The van der Waals surface area contributed by atoms with Crippen LogP contribution in [0.1, 0.15) is 52.9 Å². The number of carbonyl (C=O) groups is 6. The molecule has 0 aliphatic carbocycles. The Morgan fingerprint density at radius 2 is 0.795 bits per heavy atom. The molecule has 0 bridgehead atoms. The average molecular weight is 555 g/mol. The van der Waals surface area contributed by atoms with Crippen molar-refractivity contribution in [2.75, 3.05) is 39.6 Å². The third-order valence-electron chi connectivity index (χ3n) is 4.72. The second-order valence-corrected chi connectivity index (χ2v) is 8.57.